The highest BCUT2D eigenvalue weighted by atomic mass is 16.5. The summed E-state index contributed by atoms with van der Waals surface area (Å²) in [5.41, 5.74) is 1.05. The van der Waals surface area contributed by atoms with Crippen molar-refractivity contribution in [2.24, 2.45) is 0 Å². The summed E-state index contributed by atoms with van der Waals surface area (Å²) < 4.78 is 5.08. The van der Waals surface area contributed by atoms with Gasteiger partial charge >= 0.3 is 0 Å². The Balaban J connectivity index is 2.35. The van der Waals surface area contributed by atoms with Crippen LogP contribution in [-0.2, 0) is 0 Å². The smallest absolute Gasteiger partial charge is 0.214 e. The molecule has 1 N–H and O–H groups in total. The van der Waals surface area contributed by atoms with Crippen LogP contribution in [0.3, 0.4) is 0 Å². The maximum Gasteiger partial charge on any atom is 0.214 e. The van der Waals surface area contributed by atoms with Gasteiger partial charge in [0.15, 0.2) is 0 Å². The molecule has 0 bridgehead atoms. The SMILES string of the molecule is CCC(C)N(C)CCNc1ccnc(OC)c1. The first-order chi connectivity index (χ1) is 8.17. The third-order valence-corrected chi connectivity index (χ3v) is 3.08. The van der Waals surface area contributed by atoms with Gasteiger partial charge in [-0.15, -0.1) is 0 Å². The number of ether oxygens (including phenoxy) is 1. The third kappa shape index (κ3) is 4.61. The monoisotopic (exact) mass is 237 g/mol. The Bertz CT molecular complexity index is 330. The summed E-state index contributed by atoms with van der Waals surface area (Å²) in [5, 5.41) is 3.37. The van der Waals surface area contributed by atoms with Crippen LogP contribution in [0.15, 0.2) is 18.3 Å². The molecule has 0 aliphatic rings. The van der Waals surface area contributed by atoms with E-state index >= 15 is 0 Å². The lowest BCUT2D eigenvalue weighted by Gasteiger charge is -2.23. The summed E-state index contributed by atoms with van der Waals surface area (Å²) in [7, 11) is 3.78. The number of methoxy groups -OCH3 is 1. The summed E-state index contributed by atoms with van der Waals surface area (Å²) in [4.78, 5) is 6.42. The second kappa shape index (κ2) is 7.12. The minimum absolute atomic E-state index is 0.628. The second-order valence-corrected chi connectivity index (χ2v) is 4.25. The number of anilines is 1. The third-order valence-electron chi connectivity index (χ3n) is 3.08. The van der Waals surface area contributed by atoms with E-state index in [2.05, 4.69) is 36.1 Å². The zero-order valence-corrected chi connectivity index (χ0v) is 11.2. The number of hydrogen-bond donors (Lipinski definition) is 1. The molecule has 1 heterocycles. The number of nitrogens with zero attached hydrogens (tertiary/aromatic N) is 2. The van der Waals surface area contributed by atoms with Crippen LogP contribution in [0.2, 0.25) is 0 Å². The van der Waals surface area contributed by atoms with Crippen LogP contribution in [0.25, 0.3) is 0 Å². The van der Waals surface area contributed by atoms with E-state index < -0.39 is 0 Å². The standard InChI is InChI=1S/C13H23N3O/c1-5-11(2)16(3)9-8-14-12-6-7-15-13(10-12)17-4/h6-7,10-11H,5,8-9H2,1-4H3,(H,14,15). The molecule has 1 atom stereocenters. The van der Waals surface area contributed by atoms with Crippen molar-refractivity contribution in [2.75, 3.05) is 32.6 Å². The van der Waals surface area contributed by atoms with Crippen molar-refractivity contribution < 1.29 is 4.74 Å². The summed E-state index contributed by atoms with van der Waals surface area (Å²) in [6, 6.07) is 4.48. The van der Waals surface area contributed by atoms with E-state index in [9.17, 15) is 0 Å². The molecule has 96 valence electrons. The fourth-order valence-corrected chi connectivity index (χ4v) is 1.54. The highest BCUT2D eigenvalue weighted by Gasteiger charge is 2.05. The molecule has 0 aliphatic heterocycles. The molecular weight excluding hydrogens is 214 g/mol. The van der Waals surface area contributed by atoms with Gasteiger partial charge in [0.05, 0.1) is 7.11 Å². The van der Waals surface area contributed by atoms with Gasteiger partial charge < -0.3 is 15.0 Å². The molecule has 1 aromatic rings. The summed E-state index contributed by atoms with van der Waals surface area (Å²) >= 11 is 0. The molecule has 1 rings (SSSR count). The first-order valence-corrected chi connectivity index (χ1v) is 6.11. The zero-order chi connectivity index (χ0) is 12.7. The van der Waals surface area contributed by atoms with Gasteiger partial charge in [-0.05, 0) is 26.5 Å². The molecule has 0 radical (unpaired) electrons. The van der Waals surface area contributed by atoms with Crippen molar-refractivity contribution in [2.45, 2.75) is 26.3 Å². The van der Waals surface area contributed by atoms with Crippen molar-refractivity contribution in [1.82, 2.24) is 9.88 Å². The maximum absolute atomic E-state index is 5.08. The molecule has 1 unspecified atom stereocenters. The lowest BCUT2D eigenvalue weighted by Crippen LogP contribution is -2.32. The van der Waals surface area contributed by atoms with Gasteiger partial charge in [-0.2, -0.15) is 0 Å². The Morgan fingerprint density at radius 1 is 1.53 bits per heavy atom. The normalized spacial score (nSPS) is 12.5. The highest BCUT2D eigenvalue weighted by Crippen LogP contribution is 2.12. The number of pyridine rings is 1. The predicted octanol–water partition coefficient (Wildman–Crippen LogP) is 2.23. The van der Waals surface area contributed by atoms with E-state index in [4.69, 9.17) is 4.74 Å². The molecule has 0 spiro atoms. The molecule has 0 amide bonds. The van der Waals surface area contributed by atoms with Gasteiger partial charge in [0.1, 0.15) is 0 Å². The summed E-state index contributed by atoms with van der Waals surface area (Å²) in [5.74, 6) is 0.644. The van der Waals surface area contributed by atoms with Gasteiger partial charge in [-0.3, -0.25) is 0 Å². The number of aromatic nitrogens is 1. The van der Waals surface area contributed by atoms with Crippen LogP contribution in [0, 0.1) is 0 Å². The average Bonchev–Trinajstić information content (AvgIpc) is 2.37. The van der Waals surface area contributed by atoms with Gasteiger partial charge in [-0.1, -0.05) is 6.92 Å². The van der Waals surface area contributed by atoms with Crippen molar-refractivity contribution >= 4 is 5.69 Å². The number of nitrogens with one attached hydrogen (secondary N) is 1. The first kappa shape index (κ1) is 13.8. The molecule has 0 saturated heterocycles. The second-order valence-electron chi connectivity index (χ2n) is 4.25. The zero-order valence-electron chi connectivity index (χ0n) is 11.2. The summed E-state index contributed by atoms with van der Waals surface area (Å²) in [6.45, 7) is 6.41. The Kier molecular flexibility index (Phi) is 5.77. The van der Waals surface area contributed by atoms with Crippen molar-refractivity contribution in [3.63, 3.8) is 0 Å². The molecule has 17 heavy (non-hydrogen) atoms. The van der Waals surface area contributed by atoms with E-state index in [1.807, 2.05) is 12.1 Å². The maximum atomic E-state index is 5.08. The predicted molar refractivity (Wildman–Crippen MR) is 71.7 cm³/mol. The van der Waals surface area contributed by atoms with Crippen molar-refractivity contribution in [3.05, 3.63) is 18.3 Å². The molecule has 0 saturated carbocycles. The molecule has 0 fully saturated rings. The van der Waals surface area contributed by atoms with E-state index in [1.165, 1.54) is 6.42 Å². The highest BCUT2D eigenvalue weighted by molar-refractivity contribution is 5.44. The lowest BCUT2D eigenvalue weighted by molar-refractivity contribution is 0.261. The fourth-order valence-electron chi connectivity index (χ4n) is 1.54. The van der Waals surface area contributed by atoms with Gasteiger partial charge in [0.2, 0.25) is 5.88 Å². The number of hydrogen-bond acceptors (Lipinski definition) is 4. The number of rotatable bonds is 7. The van der Waals surface area contributed by atoms with E-state index in [1.54, 1.807) is 13.3 Å². The lowest BCUT2D eigenvalue weighted by atomic mass is 10.2. The Morgan fingerprint density at radius 2 is 2.29 bits per heavy atom. The van der Waals surface area contributed by atoms with Crippen LogP contribution in [0.4, 0.5) is 5.69 Å². The van der Waals surface area contributed by atoms with Gasteiger partial charge in [-0.25, -0.2) is 4.98 Å². The Hall–Kier alpha value is -1.29. The van der Waals surface area contributed by atoms with E-state index in [-0.39, 0.29) is 0 Å². The molecule has 1 aromatic heterocycles. The quantitative estimate of drug-likeness (QED) is 0.789. The Labute approximate surface area is 104 Å². The Morgan fingerprint density at radius 3 is 2.94 bits per heavy atom. The van der Waals surface area contributed by atoms with Crippen LogP contribution >= 0.6 is 0 Å². The molecule has 4 nitrogen and oxygen atoms in total. The largest absolute Gasteiger partial charge is 0.481 e. The number of likely N-dealkylation sites (N-methyl/N-ethyl adjacent to an activating group) is 1. The van der Waals surface area contributed by atoms with Crippen LogP contribution < -0.4 is 10.1 Å². The molecule has 0 aliphatic carbocycles. The average molecular weight is 237 g/mol. The summed E-state index contributed by atoms with van der Waals surface area (Å²) in [6.07, 6.45) is 2.93. The first-order valence-electron chi connectivity index (χ1n) is 6.11. The van der Waals surface area contributed by atoms with Crippen molar-refractivity contribution in [3.8, 4) is 5.88 Å². The van der Waals surface area contributed by atoms with Gasteiger partial charge in [0, 0.05) is 37.1 Å². The minimum Gasteiger partial charge on any atom is -0.481 e. The van der Waals surface area contributed by atoms with Crippen molar-refractivity contribution in [1.29, 1.82) is 0 Å². The topological polar surface area (TPSA) is 37.4 Å². The van der Waals surface area contributed by atoms with Crippen LogP contribution in [0.1, 0.15) is 20.3 Å². The molecule has 0 aromatic carbocycles. The molecular formula is C13H23N3O. The molecule has 4 heteroatoms. The fraction of sp³-hybridized carbons (Fsp3) is 0.615. The van der Waals surface area contributed by atoms with Gasteiger partial charge in [0.25, 0.3) is 0 Å². The van der Waals surface area contributed by atoms with E-state index in [0.717, 1.165) is 18.8 Å². The van der Waals surface area contributed by atoms with E-state index in [0.29, 0.717) is 11.9 Å². The minimum atomic E-state index is 0.628. The van der Waals surface area contributed by atoms with Crippen LogP contribution in [-0.4, -0.2) is 43.2 Å². The van der Waals surface area contributed by atoms with Crippen LogP contribution in [0.5, 0.6) is 5.88 Å².